The summed E-state index contributed by atoms with van der Waals surface area (Å²) < 4.78 is 0. The Hall–Kier alpha value is 0. The van der Waals surface area contributed by atoms with Crippen molar-refractivity contribution in [2.75, 3.05) is 0 Å². The fourth-order valence-corrected chi connectivity index (χ4v) is 2.73. The molecule has 4 rings (SSSR count). The molecule has 0 spiro atoms. The van der Waals surface area contributed by atoms with Gasteiger partial charge < -0.3 is 0 Å². The van der Waals surface area contributed by atoms with Crippen molar-refractivity contribution in [3.8, 4) is 0 Å². The van der Waals surface area contributed by atoms with Gasteiger partial charge in [0.2, 0.25) is 0 Å². The van der Waals surface area contributed by atoms with Crippen LogP contribution in [0, 0.1) is 23.7 Å². The van der Waals surface area contributed by atoms with E-state index in [-0.39, 0.29) is 0 Å². The molecule has 0 nitrogen and oxygen atoms in total. The van der Waals surface area contributed by atoms with E-state index in [1.54, 1.807) is 19.3 Å². The summed E-state index contributed by atoms with van der Waals surface area (Å²) in [5.41, 5.74) is 0. The van der Waals surface area contributed by atoms with Crippen LogP contribution in [0.5, 0.6) is 0 Å². The van der Waals surface area contributed by atoms with Gasteiger partial charge in [-0.3, -0.25) is 0 Å². The van der Waals surface area contributed by atoms with Crippen molar-refractivity contribution in [1.29, 1.82) is 0 Å². The molecule has 0 aromatic heterocycles. The van der Waals surface area contributed by atoms with Gasteiger partial charge in [-0.1, -0.05) is 0 Å². The van der Waals surface area contributed by atoms with E-state index >= 15 is 0 Å². The zero-order valence-electron chi connectivity index (χ0n) is 4.43. The number of hydrogen-bond donors (Lipinski definition) is 0. The molecule has 1 unspecified atom stereocenters. The van der Waals surface area contributed by atoms with E-state index in [4.69, 9.17) is 0 Å². The van der Waals surface area contributed by atoms with Gasteiger partial charge >= 0.3 is 0 Å². The van der Waals surface area contributed by atoms with Gasteiger partial charge in [0.05, 0.1) is 0 Å². The van der Waals surface area contributed by atoms with Gasteiger partial charge in [-0.05, 0) is 42.9 Å². The molecule has 0 heterocycles. The van der Waals surface area contributed by atoms with Gasteiger partial charge in [-0.2, -0.15) is 0 Å². The lowest BCUT2D eigenvalue weighted by Crippen LogP contribution is -2.16. The Kier molecular flexibility index (Phi) is 0.296. The van der Waals surface area contributed by atoms with Crippen LogP contribution >= 0.6 is 0 Å². The van der Waals surface area contributed by atoms with Gasteiger partial charge in [-0.15, -0.1) is 0 Å². The van der Waals surface area contributed by atoms with Crippen molar-refractivity contribution in [3.63, 3.8) is 0 Å². The molecule has 0 aromatic carbocycles. The lowest BCUT2D eigenvalue weighted by Gasteiger charge is -2.27. The van der Waals surface area contributed by atoms with Crippen molar-refractivity contribution in [1.82, 2.24) is 0 Å². The van der Waals surface area contributed by atoms with Crippen LogP contribution in [-0.2, 0) is 0 Å². The molecule has 4 aliphatic rings. The topological polar surface area (TPSA) is 0 Å². The minimum absolute atomic E-state index is 1.23. The Morgan fingerprint density at radius 3 is 1.43 bits per heavy atom. The van der Waals surface area contributed by atoms with E-state index in [2.05, 4.69) is 0 Å². The molecule has 0 aliphatic heterocycles. The predicted octanol–water partition coefficient (Wildman–Crippen LogP) is 1.66. The second kappa shape index (κ2) is 0.667. The Morgan fingerprint density at radius 2 is 1.29 bits per heavy atom. The smallest absolute Gasteiger partial charge is 0.0352 e. The molecule has 0 heteroatoms. The molecule has 0 aromatic rings. The van der Waals surface area contributed by atoms with Crippen LogP contribution in [0.1, 0.15) is 19.3 Å². The molecule has 0 amide bonds. The minimum atomic E-state index is 1.23. The Balaban J connectivity index is 2.09. The highest BCUT2D eigenvalue weighted by atomic mass is 14.7. The molecule has 4 fully saturated rings. The van der Waals surface area contributed by atoms with Crippen molar-refractivity contribution < 1.29 is 0 Å². The Bertz CT molecular complexity index is 95.2. The van der Waals surface area contributed by atoms with E-state index in [1.807, 2.05) is 0 Å². The first-order valence-electron chi connectivity index (χ1n) is 3.45. The fraction of sp³-hybridized carbons (Fsp3) is 1.00. The van der Waals surface area contributed by atoms with Gasteiger partial charge in [0, 0.05) is 0 Å². The average Bonchev–Trinajstić information content (AvgIpc) is 2.10. The third-order valence-corrected chi connectivity index (χ3v) is 3.31. The van der Waals surface area contributed by atoms with Crippen molar-refractivity contribution >= 4 is 0 Å². The summed E-state index contributed by atoms with van der Waals surface area (Å²) in [7, 11) is 0. The van der Waals surface area contributed by atoms with Crippen molar-refractivity contribution in [2.45, 2.75) is 19.3 Å². The largest absolute Gasteiger partial charge is 0.0470 e. The Morgan fingerprint density at radius 1 is 0.714 bits per heavy atom. The van der Waals surface area contributed by atoms with Crippen LogP contribution in [0.3, 0.4) is 0 Å². The lowest BCUT2D eigenvalue weighted by molar-refractivity contribution is 0.238. The summed E-state index contributed by atoms with van der Waals surface area (Å²) in [5.74, 6) is 4.97. The van der Waals surface area contributed by atoms with Gasteiger partial charge in [0.25, 0.3) is 0 Å². The highest BCUT2D eigenvalue weighted by Crippen LogP contribution is 2.69. The van der Waals surface area contributed by atoms with Crippen molar-refractivity contribution in [3.05, 3.63) is 0 Å². The van der Waals surface area contributed by atoms with E-state index in [0.717, 1.165) is 0 Å². The maximum Gasteiger partial charge on any atom is -0.0352 e. The first-order valence-corrected chi connectivity index (χ1v) is 3.45. The molecular formula is C7H10. The maximum absolute atomic E-state index is 1.62. The third-order valence-electron chi connectivity index (χ3n) is 3.31. The fourth-order valence-electron chi connectivity index (χ4n) is 2.73. The lowest BCUT2D eigenvalue weighted by atomic mass is 9.79. The molecule has 7 heavy (non-hydrogen) atoms. The minimum Gasteiger partial charge on any atom is -0.0470 e. The summed E-state index contributed by atoms with van der Waals surface area (Å²) in [6.45, 7) is 0. The molecule has 2 atom stereocenters. The third kappa shape index (κ3) is 0.198. The molecule has 4 aliphatic carbocycles. The quantitative estimate of drug-likeness (QED) is 0.428. The highest BCUT2D eigenvalue weighted by Gasteiger charge is 2.61. The molecule has 0 N–H and O–H groups in total. The van der Waals surface area contributed by atoms with E-state index < -0.39 is 0 Å². The van der Waals surface area contributed by atoms with Crippen molar-refractivity contribution in [2.24, 2.45) is 23.7 Å². The first-order chi connectivity index (χ1) is 3.45. The van der Waals surface area contributed by atoms with Crippen LogP contribution < -0.4 is 0 Å². The SMILES string of the molecule is C1C2CC1[C@@H]1CC21. The molecule has 0 saturated heterocycles. The Labute approximate surface area is 43.9 Å². The summed E-state index contributed by atoms with van der Waals surface area (Å²) in [6, 6.07) is 0. The van der Waals surface area contributed by atoms with E-state index in [1.165, 1.54) is 23.7 Å². The molecule has 4 saturated carbocycles. The normalized spacial score (nSPS) is 72.0. The standard InChI is InChI=1S/C7H10/c1-4-2-5(1)7-3-6(4)7/h4-7H,1-3H2/t4?,5?,6-,7?/m0/s1. The monoisotopic (exact) mass is 94.1 g/mol. The molecule has 38 valence electrons. The summed E-state index contributed by atoms with van der Waals surface area (Å²) in [4.78, 5) is 0. The maximum atomic E-state index is 1.62. The number of rotatable bonds is 0. The zero-order chi connectivity index (χ0) is 4.43. The van der Waals surface area contributed by atoms with E-state index in [0.29, 0.717) is 0 Å². The zero-order valence-corrected chi connectivity index (χ0v) is 4.43. The highest BCUT2D eigenvalue weighted by molar-refractivity contribution is 5.10. The van der Waals surface area contributed by atoms with Gasteiger partial charge in [0.1, 0.15) is 0 Å². The summed E-state index contributed by atoms with van der Waals surface area (Å²) in [5, 5.41) is 0. The first kappa shape index (κ1) is 3.11. The molecule has 0 radical (unpaired) electrons. The average molecular weight is 94.2 g/mol. The second-order valence-corrected chi connectivity index (χ2v) is 3.55. The van der Waals surface area contributed by atoms with Gasteiger partial charge in [-0.25, -0.2) is 0 Å². The predicted molar refractivity (Wildman–Crippen MR) is 27.8 cm³/mol. The molecule has 2 bridgehead atoms. The second-order valence-electron chi connectivity index (χ2n) is 3.55. The summed E-state index contributed by atoms with van der Waals surface area (Å²) in [6.07, 6.45) is 4.86. The van der Waals surface area contributed by atoms with Crippen LogP contribution in [0.25, 0.3) is 0 Å². The van der Waals surface area contributed by atoms with E-state index in [9.17, 15) is 0 Å². The van der Waals surface area contributed by atoms with Crippen LogP contribution in [0.2, 0.25) is 0 Å². The van der Waals surface area contributed by atoms with Crippen LogP contribution in [0.4, 0.5) is 0 Å². The number of hydrogen-bond acceptors (Lipinski definition) is 0. The molecular weight excluding hydrogens is 84.1 g/mol. The van der Waals surface area contributed by atoms with Crippen LogP contribution in [-0.4, -0.2) is 0 Å². The van der Waals surface area contributed by atoms with Gasteiger partial charge in [0.15, 0.2) is 0 Å². The van der Waals surface area contributed by atoms with Crippen LogP contribution in [0.15, 0.2) is 0 Å². The summed E-state index contributed by atoms with van der Waals surface area (Å²) >= 11 is 0.